The zero-order valence-electron chi connectivity index (χ0n) is 22.5. The molecule has 0 bridgehead atoms. The molecule has 232 valence electrons. The van der Waals surface area contributed by atoms with Gasteiger partial charge in [-0.05, 0) is 43.2 Å². The van der Waals surface area contributed by atoms with E-state index in [9.17, 15) is 39.6 Å². The minimum atomic E-state index is -5.19. The molecule has 2 saturated heterocycles. The van der Waals surface area contributed by atoms with Gasteiger partial charge in [0.05, 0.1) is 39.7 Å². The van der Waals surface area contributed by atoms with Crippen molar-refractivity contribution in [3.8, 4) is 5.69 Å². The molecule has 0 aliphatic carbocycles. The molecule has 5 rings (SSSR count). The van der Waals surface area contributed by atoms with Gasteiger partial charge in [-0.3, -0.25) is 4.79 Å². The molecule has 1 N–H and O–H groups in total. The van der Waals surface area contributed by atoms with E-state index in [1.165, 1.54) is 10.9 Å². The number of rotatable bonds is 7. The highest BCUT2D eigenvalue weighted by Gasteiger charge is 2.40. The average Bonchev–Trinajstić information content (AvgIpc) is 3.49. The number of aromatic nitrogens is 2. The zero-order chi connectivity index (χ0) is 31.0. The lowest BCUT2D eigenvalue weighted by molar-refractivity contribution is -0.143. The van der Waals surface area contributed by atoms with E-state index in [0.29, 0.717) is 24.5 Å². The molecule has 0 radical (unpaired) electrons. The summed E-state index contributed by atoms with van der Waals surface area (Å²) in [7, 11) is -4.72. The first-order valence-electron chi connectivity index (χ1n) is 13.3. The van der Waals surface area contributed by atoms with Crippen LogP contribution in [0.15, 0.2) is 64.4 Å². The Morgan fingerprint density at radius 1 is 0.930 bits per heavy atom. The van der Waals surface area contributed by atoms with Crippen LogP contribution >= 0.6 is 0 Å². The summed E-state index contributed by atoms with van der Waals surface area (Å²) in [5.41, 5.74) is -2.78. The Bertz CT molecular complexity index is 1580. The summed E-state index contributed by atoms with van der Waals surface area (Å²) in [6.07, 6.45) is -7.34. The number of nitrogens with one attached hydrogen (secondary N) is 1. The summed E-state index contributed by atoms with van der Waals surface area (Å²) in [4.78, 5) is 14.1. The minimum absolute atomic E-state index is 0.00457. The van der Waals surface area contributed by atoms with Gasteiger partial charge in [0.25, 0.3) is 5.56 Å². The number of halogens is 6. The fraction of sp³-hybridized carbons (Fsp3) is 0.407. The van der Waals surface area contributed by atoms with Crippen LogP contribution in [0, 0.1) is 0 Å². The van der Waals surface area contributed by atoms with Crippen LogP contribution in [-0.2, 0) is 27.1 Å². The van der Waals surface area contributed by atoms with Crippen molar-refractivity contribution in [3.05, 3.63) is 76.2 Å². The smallest absolute Gasteiger partial charge is 0.376 e. The Morgan fingerprint density at radius 2 is 1.56 bits per heavy atom. The second-order valence-electron chi connectivity index (χ2n) is 10.1. The molecule has 1 unspecified atom stereocenters. The Labute approximate surface area is 242 Å². The van der Waals surface area contributed by atoms with E-state index in [1.54, 1.807) is 35.2 Å². The number of hydrogen-bond donors (Lipinski definition) is 1. The third-order valence-electron chi connectivity index (χ3n) is 7.27. The van der Waals surface area contributed by atoms with Crippen molar-refractivity contribution in [1.29, 1.82) is 0 Å². The third-order valence-corrected chi connectivity index (χ3v) is 9.14. The minimum Gasteiger partial charge on any atom is -0.376 e. The molecule has 0 saturated carbocycles. The Morgan fingerprint density at radius 3 is 2.12 bits per heavy atom. The topological polar surface area (TPSA) is 96.8 Å². The number of sulfonamides is 1. The monoisotopic (exact) mass is 631 g/mol. The Balaban J connectivity index is 1.41. The van der Waals surface area contributed by atoms with E-state index in [1.807, 2.05) is 0 Å². The molecular formula is C27H27F6N5O4S. The highest BCUT2D eigenvalue weighted by molar-refractivity contribution is 7.89. The van der Waals surface area contributed by atoms with Crippen LogP contribution in [0.4, 0.5) is 37.7 Å². The first-order valence-corrected chi connectivity index (χ1v) is 14.8. The fourth-order valence-electron chi connectivity index (χ4n) is 5.02. The van der Waals surface area contributed by atoms with Crippen LogP contribution in [0.1, 0.15) is 24.0 Å². The van der Waals surface area contributed by atoms with E-state index in [0.717, 1.165) is 17.1 Å². The summed E-state index contributed by atoms with van der Waals surface area (Å²) in [6.45, 7) is 0.424. The van der Waals surface area contributed by atoms with Gasteiger partial charge < -0.3 is 15.0 Å². The number of anilines is 2. The van der Waals surface area contributed by atoms with E-state index in [2.05, 4.69) is 10.4 Å². The maximum Gasteiger partial charge on any atom is 0.416 e. The average molecular weight is 632 g/mol. The number of ether oxygens (including phenoxy) is 1. The lowest BCUT2D eigenvalue weighted by Gasteiger charge is -2.36. The van der Waals surface area contributed by atoms with Crippen LogP contribution in [0.25, 0.3) is 5.69 Å². The van der Waals surface area contributed by atoms with Crippen molar-refractivity contribution in [1.82, 2.24) is 14.1 Å². The number of hydrogen-bond acceptors (Lipinski definition) is 7. The number of alkyl halides is 6. The number of para-hydroxylation sites is 1. The highest BCUT2D eigenvalue weighted by atomic mass is 32.2. The molecule has 9 nitrogen and oxygen atoms in total. The van der Waals surface area contributed by atoms with Gasteiger partial charge in [-0.15, -0.1) is 0 Å². The lowest BCUT2D eigenvalue weighted by Crippen LogP contribution is -2.49. The summed E-state index contributed by atoms with van der Waals surface area (Å²) < 4.78 is 114. The van der Waals surface area contributed by atoms with Crippen LogP contribution < -0.4 is 15.8 Å². The number of benzene rings is 2. The first kappa shape index (κ1) is 30.8. The van der Waals surface area contributed by atoms with Gasteiger partial charge in [0.1, 0.15) is 5.69 Å². The maximum atomic E-state index is 13.6. The largest absolute Gasteiger partial charge is 0.416 e. The van der Waals surface area contributed by atoms with Crippen LogP contribution in [0.3, 0.4) is 0 Å². The SMILES string of the molecule is O=c1c(NCC2CCCO2)c(N2CCN(S(=O)(=O)c3cc(C(F)(F)F)cc(C(F)(F)F)c3)CC2)cnn1-c1ccccc1. The van der Waals surface area contributed by atoms with Gasteiger partial charge >= 0.3 is 12.4 Å². The number of piperazine rings is 1. The van der Waals surface area contributed by atoms with E-state index in [4.69, 9.17) is 4.74 Å². The standard InChI is InChI=1S/C27H27F6N5O4S/c28-26(29,30)18-13-19(27(31,32)33)15-22(14-18)43(40,41)37-10-8-36(9-11-37)23-17-35-38(20-5-2-1-3-6-20)25(39)24(23)34-16-21-7-4-12-42-21/h1-3,5-6,13-15,17,21,34H,4,7-12,16H2. The molecule has 3 aromatic rings. The maximum absolute atomic E-state index is 13.6. The molecular weight excluding hydrogens is 604 g/mol. The van der Waals surface area contributed by atoms with Crippen molar-refractivity contribution in [2.24, 2.45) is 0 Å². The molecule has 0 spiro atoms. The van der Waals surface area contributed by atoms with Gasteiger partial charge in [0.15, 0.2) is 0 Å². The highest BCUT2D eigenvalue weighted by Crippen LogP contribution is 2.38. The van der Waals surface area contributed by atoms with Gasteiger partial charge in [0.2, 0.25) is 10.0 Å². The molecule has 2 aromatic carbocycles. The quantitative estimate of drug-likeness (QED) is 0.387. The van der Waals surface area contributed by atoms with Gasteiger partial charge in [-0.2, -0.15) is 40.4 Å². The summed E-state index contributed by atoms with van der Waals surface area (Å²) in [5.74, 6) is 0. The van der Waals surface area contributed by atoms with Crippen molar-refractivity contribution < 1.29 is 39.5 Å². The second-order valence-corrected chi connectivity index (χ2v) is 12.0. The zero-order valence-corrected chi connectivity index (χ0v) is 23.3. The van der Waals surface area contributed by atoms with Gasteiger partial charge in [-0.1, -0.05) is 18.2 Å². The van der Waals surface area contributed by atoms with Crippen LogP contribution in [0.5, 0.6) is 0 Å². The number of nitrogens with zero attached hydrogens (tertiary/aromatic N) is 4. The van der Waals surface area contributed by atoms with Crippen molar-refractivity contribution in [3.63, 3.8) is 0 Å². The first-order chi connectivity index (χ1) is 20.2. The predicted molar refractivity (Wildman–Crippen MR) is 145 cm³/mol. The summed E-state index contributed by atoms with van der Waals surface area (Å²) >= 11 is 0. The second kappa shape index (κ2) is 11.8. The molecule has 2 fully saturated rings. The molecule has 1 aromatic heterocycles. The van der Waals surface area contributed by atoms with Crippen LogP contribution in [-0.4, -0.2) is 67.9 Å². The molecule has 3 heterocycles. The molecule has 1 atom stereocenters. The summed E-state index contributed by atoms with van der Waals surface area (Å²) in [5, 5.41) is 7.45. The Kier molecular flexibility index (Phi) is 8.46. The molecule has 2 aliphatic heterocycles. The molecule has 43 heavy (non-hydrogen) atoms. The molecule has 0 amide bonds. The van der Waals surface area contributed by atoms with Crippen molar-refractivity contribution in [2.75, 3.05) is 49.5 Å². The normalized spacial score (nSPS) is 18.7. The van der Waals surface area contributed by atoms with Gasteiger partial charge in [0, 0.05) is 39.3 Å². The van der Waals surface area contributed by atoms with E-state index in [-0.39, 0.29) is 56.2 Å². The van der Waals surface area contributed by atoms with Crippen LogP contribution in [0.2, 0.25) is 0 Å². The third kappa shape index (κ3) is 6.65. The molecule has 2 aliphatic rings. The van der Waals surface area contributed by atoms with Crippen molar-refractivity contribution >= 4 is 21.4 Å². The lowest BCUT2D eigenvalue weighted by atomic mass is 10.1. The summed E-state index contributed by atoms with van der Waals surface area (Å²) in [6, 6.07) is 8.99. The van der Waals surface area contributed by atoms with Crippen molar-refractivity contribution in [2.45, 2.75) is 36.2 Å². The van der Waals surface area contributed by atoms with Gasteiger partial charge in [-0.25, -0.2) is 8.42 Å². The fourth-order valence-corrected chi connectivity index (χ4v) is 6.51. The van der Waals surface area contributed by atoms with E-state index >= 15 is 0 Å². The van der Waals surface area contributed by atoms with E-state index < -0.39 is 44.0 Å². The Hall–Kier alpha value is -3.63. The predicted octanol–water partition coefficient (Wildman–Crippen LogP) is 4.37. The molecule has 16 heteroatoms.